The van der Waals surface area contributed by atoms with Crippen LogP contribution >= 0.6 is 0 Å². The predicted molar refractivity (Wildman–Crippen MR) is 108 cm³/mol. The van der Waals surface area contributed by atoms with E-state index in [-0.39, 0.29) is 41.4 Å². The number of carbonyl (C=O) groups is 3. The molecule has 146 valence electrons. The van der Waals surface area contributed by atoms with E-state index in [1.807, 2.05) is 0 Å². The molecule has 1 saturated heterocycles. The molecule has 2 fully saturated rings. The predicted octanol–water partition coefficient (Wildman–Crippen LogP) is 3.26. The smallest absolute Gasteiger partial charge is 0.255 e. The van der Waals surface area contributed by atoms with Crippen molar-refractivity contribution in [1.29, 1.82) is 0 Å². The SMILES string of the molecule is COc1ccc(NC(=O)c2ccc(N3C(=O)[C@@H]4[C@@H](C3=O)[C@H]3C=C[C@H]4C3)cc2)cc1. The maximum absolute atomic E-state index is 12.9. The Morgan fingerprint density at radius 2 is 1.52 bits per heavy atom. The molecule has 6 nitrogen and oxygen atoms in total. The van der Waals surface area contributed by atoms with Crippen molar-refractivity contribution < 1.29 is 19.1 Å². The number of amides is 3. The van der Waals surface area contributed by atoms with E-state index in [4.69, 9.17) is 4.74 Å². The summed E-state index contributed by atoms with van der Waals surface area (Å²) in [5, 5.41) is 2.82. The molecular weight excluding hydrogens is 368 g/mol. The van der Waals surface area contributed by atoms with E-state index in [0.717, 1.165) is 6.42 Å². The molecule has 2 aromatic carbocycles. The third-order valence-electron chi connectivity index (χ3n) is 6.21. The summed E-state index contributed by atoms with van der Waals surface area (Å²) in [5.41, 5.74) is 1.63. The molecule has 1 heterocycles. The first-order valence-electron chi connectivity index (χ1n) is 9.68. The molecule has 6 heteroatoms. The zero-order valence-corrected chi connectivity index (χ0v) is 15.9. The monoisotopic (exact) mass is 388 g/mol. The fourth-order valence-corrected chi connectivity index (χ4v) is 4.80. The van der Waals surface area contributed by atoms with Crippen LogP contribution in [0.2, 0.25) is 0 Å². The summed E-state index contributed by atoms with van der Waals surface area (Å²) in [6, 6.07) is 13.6. The molecule has 2 aromatic rings. The number of fused-ring (bicyclic) bond motifs is 5. The molecule has 0 unspecified atom stereocenters. The minimum Gasteiger partial charge on any atom is -0.497 e. The Morgan fingerprint density at radius 1 is 0.931 bits per heavy atom. The quantitative estimate of drug-likeness (QED) is 0.644. The summed E-state index contributed by atoms with van der Waals surface area (Å²) in [6.07, 6.45) is 5.06. The van der Waals surface area contributed by atoms with Crippen LogP contribution in [0.3, 0.4) is 0 Å². The maximum Gasteiger partial charge on any atom is 0.255 e. The van der Waals surface area contributed by atoms with Gasteiger partial charge in [0.05, 0.1) is 24.6 Å². The van der Waals surface area contributed by atoms with Crippen molar-refractivity contribution in [2.75, 3.05) is 17.3 Å². The van der Waals surface area contributed by atoms with E-state index in [1.165, 1.54) is 4.90 Å². The van der Waals surface area contributed by atoms with Gasteiger partial charge in [-0.25, -0.2) is 0 Å². The molecule has 29 heavy (non-hydrogen) atoms. The summed E-state index contributed by atoms with van der Waals surface area (Å²) >= 11 is 0. The average Bonchev–Trinajstić information content (AvgIpc) is 3.42. The second-order valence-electron chi connectivity index (χ2n) is 7.74. The zero-order chi connectivity index (χ0) is 20.1. The van der Waals surface area contributed by atoms with Crippen molar-refractivity contribution in [1.82, 2.24) is 0 Å². The summed E-state index contributed by atoms with van der Waals surface area (Å²) in [4.78, 5) is 39.5. The first-order valence-corrected chi connectivity index (χ1v) is 9.68. The van der Waals surface area contributed by atoms with E-state index in [9.17, 15) is 14.4 Å². The van der Waals surface area contributed by atoms with Crippen LogP contribution in [0.1, 0.15) is 16.8 Å². The Balaban J connectivity index is 1.32. The highest BCUT2D eigenvalue weighted by atomic mass is 16.5. The zero-order valence-electron chi connectivity index (χ0n) is 15.9. The lowest BCUT2D eigenvalue weighted by Crippen LogP contribution is -2.32. The Hall–Kier alpha value is -3.41. The minimum absolute atomic E-state index is 0.118. The van der Waals surface area contributed by atoms with Crippen LogP contribution in [-0.2, 0) is 9.59 Å². The lowest BCUT2D eigenvalue weighted by atomic mass is 9.85. The molecule has 0 aromatic heterocycles. The van der Waals surface area contributed by atoms with Gasteiger partial charge < -0.3 is 10.1 Å². The van der Waals surface area contributed by atoms with Gasteiger partial charge in [-0.1, -0.05) is 12.2 Å². The fraction of sp³-hybridized carbons (Fsp3) is 0.261. The number of imide groups is 1. The van der Waals surface area contributed by atoms with Crippen molar-refractivity contribution in [2.45, 2.75) is 6.42 Å². The number of hydrogen-bond donors (Lipinski definition) is 1. The van der Waals surface area contributed by atoms with Crippen molar-refractivity contribution in [3.8, 4) is 5.75 Å². The third kappa shape index (κ3) is 2.75. The van der Waals surface area contributed by atoms with Gasteiger partial charge in [0.1, 0.15) is 5.75 Å². The molecule has 4 atom stereocenters. The number of anilines is 2. The topological polar surface area (TPSA) is 75.7 Å². The van der Waals surface area contributed by atoms with Crippen molar-refractivity contribution in [3.05, 3.63) is 66.2 Å². The van der Waals surface area contributed by atoms with Gasteiger partial charge in [-0.3, -0.25) is 19.3 Å². The van der Waals surface area contributed by atoms with Crippen LogP contribution < -0.4 is 15.0 Å². The first kappa shape index (κ1) is 17.7. The highest BCUT2D eigenvalue weighted by Crippen LogP contribution is 2.53. The van der Waals surface area contributed by atoms with Gasteiger partial charge in [0.2, 0.25) is 11.8 Å². The number of methoxy groups -OCH3 is 1. The minimum atomic E-state index is -0.264. The van der Waals surface area contributed by atoms with Crippen LogP contribution in [-0.4, -0.2) is 24.8 Å². The van der Waals surface area contributed by atoms with E-state index in [0.29, 0.717) is 22.7 Å². The number of ether oxygens (including phenoxy) is 1. The molecule has 3 amide bonds. The van der Waals surface area contributed by atoms with Gasteiger partial charge in [-0.2, -0.15) is 0 Å². The standard InChI is InChI=1S/C23H20N2O4/c1-29-18-10-6-16(7-11-18)24-21(26)13-4-8-17(9-5-13)25-22(27)19-14-2-3-15(12-14)20(19)23(25)28/h2-11,14-15,19-20H,12H2,1H3,(H,24,26)/t14-,15-,19-,20-/m0/s1. The average molecular weight is 388 g/mol. The molecule has 3 aliphatic rings. The molecule has 5 rings (SSSR count). The lowest BCUT2D eigenvalue weighted by molar-refractivity contribution is -0.123. The molecule has 2 bridgehead atoms. The molecule has 0 spiro atoms. The fourth-order valence-electron chi connectivity index (χ4n) is 4.80. The highest BCUT2D eigenvalue weighted by Gasteiger charge is 2.59. The maximum atomic E-state index is 12.9. The molecular formula is C23H20N2O4. The highest BCUT2D eigenvalue weighted by molar-refractivity contribution is 6.23. The lowest BCUT2D eigenvalue weighted by Gasteiger charge is -2.17. The number of carbonyl (C=O) groups excluding carboxylic acids is 3. The second kappa shape index (κ2) is 6.58. The van der Waals surface area contributed by atoms with E-state index < -0.39 is 0 Å². The van der Waals surface area contributed by atoms with Crippen molar-refractivity contribution >= 4 is 29.1 Å². The van der Waals surface area contributed by atoms with Crippen LogP contribution in [0.5, 0.6) is 5.75 Å². The number of allylic oxidation sites excluding steroid dienone is 2. The van der Waals surface area contributed by atoms with Crippen LogP contribution in [0.4, 0.5) is 11.4 Å². The van der Waals surface area contributed by atoms with Crippen molar-refractivity contribution in [3.63, 3.8) is 0 Å². The Bertz CT molecular complexity index is 996. The van der Waals surface area contributed by atoms with Gasteiger partial charge in [-0.15, -0.1) is 0 Å². The number of rotatable bonds is 4. The van der Waals surface area contributed by atoms with Crippen molar-refractivity contribution in [2.24, 2.45) is 23.7 Å². The molecule has 1 aliphatic heterocycles. The Labute approximate surface area is 168 Å². The van der Waals surface area contributed by atoms with E-state index >= 15 is 0 Å². The van der Waals surface area contributed by atoms with Crippen LogP contribution in [0.15, 0.2) is 60.7 Å². The van der Waals surface area contributed by atoms with E-state index in [1.54, 1.807) is 55.6 Å². The summed E-state index contributed by atoms with van der Waals surface area (Å²) < 4.78 is 5.11. The number of hydrogen-bond acceptors (Lipinski definition) is 4. The van der Waals surface area contributed by atoms with Gasteiger partial charge in [0, 0.05) is 11.3 Å². The number of benzene rings is 2. The number of nitrogens with one attached hydrogen (secondary N) is 1. The van der Waals surface area contributed by atoms with Crippen LogP contribution in [0, 0.1) is 23.7 Å². The number of nitrogens with zero attached hydrogens (tertiary/aromatic N) is 1. The van der Waals surface area contributed by atoms with Gasteiger partial charge in [-0.05, 0) is 66.8 Å². The summed E-state index contributed by atoms with van der Waals surface area (Å²) in [6.45, 7) is 0. The first-order chi connectivity index (χ1) is 14.1. The van der Waals surface area contributed by atoms with Crippen LogP contribution in [0.25, 0.3) is 0 Å². The van der Waals surface area contributed by atoms with Gasteiger partial charge in [0.15, 0.2) is 0 Å². The van der Waals surface area contributed by atoms with E-state index in [2.05, 4.69) is 17.5 Å². The molecule has 0 radical (unpaired) electrons. The second-order valence-corrected chi connectivity index (χ2v) is 7.74. The molecule has 1 saturated carbocycles. The molecule has 1 N–H and O–H groups in total. The van der Waals surface area contributed by atoms with Gasteiger partial charge >= 0.3 is 0 Å². The largest absolute Gasteiger partial charge is 0.497 e. The summed E-state index contributed by atoms with van der Waals surface area (Å²) in [5.74, 6) is 0.119. The third-order valence-corrected chi connectivity index (χ3v) is 6.21. The summed E-state index contributed by atoms with van der Waals surface area (Å²) in [7, 11) is 1.58. The normalized spacial score (nSPS) is 26.7. The Morgan fingerprint density at radius 3 is 2.07 bits per heavy atom. The Kier molecular flexibility index (Phi) is 4.01. The van der Waals surface area contributed by atoms with Gasteiger partial charge in [0.25, 0.3) is 5.91 Å². The molecule has 2 aliphatic carbocycles.